The van der Waals surface area contributed by atoms with E-state index in [0.717, 1.165) is 22.6 Å². The Labute approximate surface area is 124 Å². The van der Waals surface area contributed by atoms with E-state index < -0.39 is 0 Å². The van der Waals surface area contributed by atoms with Gasteiger partial charge in [0.05, 0.1) is 18.5 Å². The fraction of sp³-hybridized carbons (Fsp3) is 0.438. The molecule has 0 radical (unpaired) electrons. The van der Waals surface area contributed by atoms with Crippen molar-refractivity contribution in [2.75, 3.05) is 0 Å². The molecule has 0 aromatic carbocycles. The van der Waals surface area contributed by atoms with Gasteiger partial charge < -0.3 is 9.32 Å². The van der Waals surface area contributed by atoms with Crippen LogP contribution >= 0.6 is 0 Å². The number of aromatic nitrogens is 2. The Kier molecular flexibility index (Phi) is 3.08. The van der Waals surface area contributed by atoms with Crippen LogP contribution in [-0.2, 0) is 18.5 Å². The lowest BCUT2D eigenvalue weighted by molar-refractivity contribution is 0.0717. The summed E-state index contributed by atoms with van der Waals surface area (Å²) in [6, 6.07) is 1.80. The second-order valence-electron chi connectivity index (χ2n) is 6.51. The van der Waals surface area contributed by atoms with Gasteiger partial charge in [-0.3, -0.25) is 4.79 Å². The zero-order valence-electron chi connectivity index (χ0n) is 12.8. The molecule has 0 N–H and O–H groups in total. The summed E-state index contributed by atoms with van der Waals surface area (Å²) in [4.78, 5) is 23.3. The first kappa shape index (κ1) is 13.8. The molecule has 3 rings (SSSR count). The van der Waals surface area contributed by atoms with E-state index in [1.54, 1.807) is 17.2 Å². The van der Waals surface area contributed by atoms with E-state index in [2.05, 4.69) is 30.7 Å². The Balaban J connectivity index is 1.85. The summed E-state index contributed by atoms with van der Waals surface area (Å²) < 4.78 is 5.29. The van der Waals surface area contributed by atoms with Gasteiger partial charge in [0.2, 0.25) is 0 Å². The second kappa shape index (κ2) is 4.69. The minimum atomic E-state index is -0.0932. The molecular weight excluding hydrogens is 266 g/mol. The van der Waals surface area contributed by atoms with Crippen molar-refractivity contribution < 1.29 is 9.21 Å². The van der Waals surface area contributed by atoms with Crippen molar-refractivity contribution in [3.63, 3.8) is 0 Å². The van der Waals surface area contributed by atoms with Gasteiger partial charge in [-0.25, -0.2) is 9.97 Å². The molecule has 0 spiro atoms. The summed E-state index contributed by atoms with van der Waals surface area (Å²) in [5.41, 5.74) is 2.72. The highest BCUT2D eigenvalue weighted by Crippen LogP contribution is 2.26. The third kappa shape index (κ3) is 2.44. The van der Waals surface area contributed by atoms with Crippen LogP contribution in [0.3, 0.4) is 0 Å². The van der Waals surface area contributed by atoms with Gasteiger partial charge >= 0.3 is 0 Å². The van der Waals surface area contributed by atoms with Gasteiger partial charge in [0.15, 0.2) is 5.76 Å². The van der Waals surface area contributed by atoms with E-state index in [1.807, 2.05) is 13.1 Å². The smallest absolute Gasteiger partial charge is 0.290 e. The number of amides is 1. The molecular formula is C16H19N3O2. The number of fused-ring (bicyclic) bond motifs is 1. The van der Waals surface area contributed by atoms with Crippen molar-refractivity contribution in [3.8, 4) is 0 Å². The highest BCUT2D eigenvalue weighted by atomic mass is 16.3. The van der Waals surface area contributed by atoms with Crippen LogP contribution in [0.4, 0.5) is 0 Å². The molecule has 0 saturated heterocycles. The van der Waals surface area contributed by atoms with Gasteiger partial charge in [0.1, 0.15) is 5.82 Å². The number of hydrogen-bond acceptors (Lipinski definition) is 4. The van der Waals surface area contributed by atoms with E-state index in [-0.39, 0.29) is 11.3 Å². The maximum Gasteiger partial charge on any atom is 0.290 e. The predicted octanol–water partition coefficient (Wildman–Crippen LogP) is 2.83. The molecule has 2 aromatic rings. The van der Waals surface area contributed by atoms with Crippen molar-refractivity contribution in [2.45, 2.75) is 46.2 Å². The van der Waals surface area contributed by atoms with Crippen molar-refractivity contribution in [1.29, 1.82) is 0 Å². The Morgan fingerprint density at radius 3 is 2.71 bits per heavy atom. The summed E-state index contributed by atoms with van der Waals surface area (Å²) in [6.07, 6.45) is 3.38. The lowest BCUT2D eigenvalue weighted by atomic mass is 9.95. The van der Waals surface area contributed by atoms with Crippen LogP contribution < -0.4 is 0 Å². The van der Waals surface area contributed by atoms with Crippen molar-refractivity contribution in [3.05, 3.63) is 46.9 Å². The molecule has 1 aliphatic heterocycles. The lowest BCUT2D eigenvalue weighted by Crippen LogP contribution is -2.25. The van der Waals surface area contributed by atoms with E-state index in [1.165, 1.54) is 0 Å². The zero-order chi connectivity index (χ0) is 15.2. The number of hydrogen-bond donors (Lipinski definition) is 0. The Morgan fingerprint density at radius 1 is 1.33 bits per heavy atom. The molecule has 0 saturated carbocycles. The standard InChI is InChI=1S/C16H19N3O2/c1-10-5-6-21-13(10)14(20)19-8-11-7-17-15(16(2,3)4)18-12(11)9-19/h5-7H,8-9H2,1-4H3. The normalized spacial score (nSPS) is 14.4. The van der Waals surface area contributed by atoms with Crippen LogP contribution in [0, 0.1) is 6.92 Å². The lowest BCUT2D eigenvalue weighted by Gasteiger charge is -2.16. The highest BCUT2D eigenvalue weighted by Gasteiger charge is 2.29. The number of aryl methyl sites for hydroxylation is 1. The molecule has 0 aliphatic carbocycles. The molecule has 21 heavy (non-hydrogen) atoms. The first-order valence-electron chi connectivity index (χ1n) is 7.05. The van der Waals surface area contributed by atoms with Gasteiger partial charge in [0.25, 0.3) is 5.91 Å². The third-order valence-electron chi connectivity index (χ3n) is 3.67. The molecule has 5 nitrogen and oxygen atoms in total. The second-order valence-corrected chi connectivity index (χ2v) is 6.51. The van der Waals surface area contributed by atoms with E-state index >= 15 is 0 Å². The summed E-state index contributed by atoms with van der Waals surface area (Å²) in [7, 11) is 0. The van der Waals surface area contributed by atoms with Gasteiger partial charge in [-0.1, -0.05) is 20.8 Å². The van der Waals surface area contributed by atoms with E-state index in [0.29, 0.717) is 18.8 Å². The maximum absolute atomic E-state index is 12.5. The Hall–Kier alpha value is -2.17. The molecule has 110 valence electrons. The topological polar surface area (TPSA) is 59.2 Å². The van der Waals surface area contributed by atoms with Crippen LogP contribution in [0.25, 0.3) is 0 Å². The minimum Gasteiger partial charge on any atom is -0.459 e. The molecule has 0 atom stereocenters. The predicted molar refractivity (Wildman–Crippen MR) is 77.8 cm³/mol. The first-order chi connectivity index (χ1) is 9.86. The molecule has 0 unspecified atom stereocenters. The van der Waals surface area contributed by atoms with Crippen LogP contribution in [-0.4, -0.2) is 20.8 Å². The quantitative estimate of drug-likeness (QED) is 0.808. The SMILES string of the molecule is Cc1ccoc1C(=O)N1Cc2cnc(C(C)(C)C)nc2C1. The minimum absolute atomic E-state index is 0.0900. The molecule has 5 heteroatoms. The molecule has 0 bridgehead atoms. The monoisotopic (exact) mass is 285 g/mol. The maximum atomic E-state index is 12.5. The van der Waals surface area contributed by atoms with Crippen molar-refractivity contribution in [2.24, 2.45) is 0 Å². The van der Waals surface area contributed by atoms with Crippen LogP contribution in [0.5, 0.6) is 0 Å². The molecule has 0 fully saturated rings. The summed E-state index contributed by atoms with van der Waals surface area (Å²) in [6.45, 7) is 9.17. The molecule has 1 amide bonds. The number of nitrogens with zero attached hydrogens (tertiary/aromatic N) is 3. The number of furan rings is 1. The Bertz CT molecular complexity index is 698. The zero-order valence-corrected chi connectivity index (χ0v) is 12.8. The average molecular weight is 285 g/mol. The van der Waals surface area contributed by atoms with Gasteiger partial charge in [0, 0.05) is 29.3 Å². The fourth-order valence-corrected chi connectivity index (χ4v) is 2.39. The van der Waals surface area contributed by atoms with E-state index in [4.69, 9.17) is 4.42 Å². The molecule has 1 aliphatic rings. The first-order valence-corrected chi connectivity index (χ1v) is 7.05. The van der Waals surface area contributed by atoms with Crippen LogP contribution in [0.2, 0.25) is 0 Å². The highest BCUT2D eigenvalue weighted by molar-refractivity contribution is 5.93. The van der Waals surface area contributed by atoms with E-state index in [9.17, 15) is 4.79 Å². The average Bonchev–Trinajstić information content (AvgIpc) is 3.01. The van der Waals surface area contributed by atoms with Crippen molar-refractivity contribution in [1.82, 2.24) is 14.9 Å². The Morgan fingerprint density at radius 2 is 2.10 bits per heavy atom. The van der Waals surface area contributed by atoms with Gasteiger partial charge in [-0.2, -0.15) is 0 Å². The van der Waals surface area contributed by atoms with Gasteiger partial charge in [-0.15, -0.1) is 0 Å². The number of rotatable bonds is 1. The van der Waals surface area contributed by atoms with Gasteiger partial charge in [-0.05, 0) is 13.0 Å². The number of carbonyl (C=O) groups is 1. The van der Waals surface area contributed by atoms with Crippen molar-refractivity contribution >= 4 is 5.91 Å². The summed E-state index contributed by atoms with van der Waals surface area (Å²) in [5, 5.41) is 0. The summed E-state index contributed by atoms with van der Waals surface area (Å²) >= 11 is 0. The largest absolute Gasteiger partial charge is 0.459 e. The van der Waals surface area contributed by atoms with Crippen LogP contribution in [0.15, 0.2) is 22.9 Å². The molecule has 3 heterocycles. The third-order valence-corrected chi connectivity index (χ3v) is 3.67. The van der Waals surface area contributed by atoms with Crippen LogP contribution in [0.1, 0.15) is 54.0 Å². The molecule has 2 aromatic heterocycles. The number of carbonyl (C=O) groups excluding carboxylic acids is 1. The summed E-state index contributed by atoms with van der Waals surface area (Å²) in [5.74, 6) is 1.13. The fourth-order valence-electron chi connectivity index (χ4n) is 2.39.